The first-order valence-electron chi connectivity index (χ1n) is 5.71. The van der Waals surface area contributed by atoms with Crippen molar-refractivity contribution in [2.75, 3.05) is 19.0 Å². The summed E-state index contributed by atoms with van der Waals surface area (Å²) in [7, 11) is 1.64. The highest BCUT2D eigenvalue weighted by atomic mass is 16.5. The van der Waals surface area contributed by atoms with Crippen molar-refractivity contribution in [2.45, 2.75) is 25.3 Å². The molecule has 0 aromatic carbocycles. The fourth-order valence-electron chi connectivity index (χ4n) is 2.28. The van der Waals surface area contributed by atoms with Crippen LogP contribution >= 0.6 is 0 Å². The molecule has 4 heteroatoms. The third-order valence-corrected chi connectivity index (χ3v) is 3.21. The number of pyridine rings is 1. The van der Waals surface area contributed by atoms with Crippen molar-refractivity contribution in [2.24, 2.45) is 5.92 Å². The molecule has 4 nitrogen and oxygen atoms in total. The van der Waals surface area contributed by atoms with Gasteiger partial charge in [0.25, 0.3) is 0 Å². The van der Waals surface area contributed by atoms with E-state index in [0.717, 1.165) is 30.8 Å². The smallest absolute Gasteiger partial charge is 0.168 e. The number of anilines is 1. The molecule has 1 heterocycles. The van der Waals surface area contributed by atoms with Gasteiger partial charge in [-0.2, -0.15) is 0 Å². The van der Waals surface area contributed by atoms with Gasteiger partial charge in [-0.1, -0.05) is 6.42 Å². The summed E-state index contributed by atoms with van der Waals surface area (Å²) in [4.78, 5) is 4.26. The lowest BCUT2D eigenvalue weighted by Gasteiger charge is -2.20. The van der Waals surface area contributed by atoms with E-state index in [2.05, 4.69) is 10.3 Å². The summed E-state index contributed by atoms with van der Waals surface area (Å²) in [6, 6.07) is 4.05. The predicted octanol–water partition coefficient (Wildman–Crippen LogP) is 1.66. The summed E-state index contributed by atoms with van der Waals surface area (Å²) in [6.07, 6.45) is 5.08. The molecule has 1 aliphatic rings. The van der Waals surface area contributed by atoms with Crippen LogP contribution in [-0.2, 0) is 0 Å². The molecular formula is C12H18N2O2. The van der Waals surface area contributed by atoms with Gasteiger partial charge in [0.15, 0.2) is 11.6 Å². The molecule has 88 valence electrons. The molecule has 0 radical (unpaired) electrons. The number of nitrogens with one attached hydrogen (secondary N) is 1. The van der Waals surface area contributed by atoms with Crippen LogP contribution in [0.5, 0.6) is 5.75 Å². The third kappa shape index (κ3) is 2.27. The highest BCUT2D eigenvalue weighted by Gasteiger charge is 2.27. The van der Waals surface area contributed by atoms with Crippen LogP contribution in [0, 0.1) is 5.92 Å². The molecule has 1 aromatic heterocycles. The van der Waals surface area contributed by atoms with E-state index < -0.39 is 0 Å². The van der Waals surface area contributed by atoms with E-state index in [1.54, 1.807) is 13.3 Å². The van der Waals surface area contributed by atoms with E-state index in [4.69, 9.17) is 4.74 Å². The minimum atomic E-state index is 0.243. The van der Waals surface area contributed by atoms with Crippen LogP contribution in [-0.4, -0.2) is 29.8 Å². The topological polar surface area (TPSA) is 54.4 Å². The zero-order chi connectivity index (χ0) is 11.4. The third-order valence-electron chi connectivity index (χ3n) is 3.21. The molecule has 0 spiro atoms. The lowest BCUT2D eigenvalue weighted by molar-refractivity contribution is 0.222. The minimum Gasteiger partial charge on any atom is -0.493 e. The van der Waals surface area contributed by atoms with Crippen LogP contribution < -0.4 is 10.1 Å². The van der Waals surface area contributed by atoms with Gasteiger partial charge in [0, 0.05) is 24.8 Å². The van der Waals surface area contributed by atoms with Crippen LogP contribution in [0.15, 0.2) is 18.3 Å². The Morgan fingerprint density at radius 2 is 2.44 bits per heavy atom. The molecule has 1 fully saturated rings. The summed E-state index contributed by atoms with van der Waals surface area (Å²) in [6.45, 7) is 0.243. The van der Waals surface area contributed by atoms with E-state index in [0.29, 0.717) is 12.0 Å². The molecule has 0 saturated heterocycles. The number of aliphatic hydroxyl groups excluding tert-OH is 1. The van der Waals surface area contributed by atoms with E-state index in [-0.39, 0.29) is 6.61 Å². The molecule has 1 aliphatic carbocycles. The number of aromatic nitrogens is 1. The summed E-state index contributed by atoms with van der Waals surface area (Å²) < 4.78 is 5.24. The van der Waals surface area contributed by atoms with Crippen molar-refractivity contribution in [3.05, 3.63) is 18.3 Å². The van der Waals surface area contributed by atoms with Gasteiger partial charge < -0.3 is 15.2 Å². The molecule has 2 N–H and O–H groups in total. The standard InChI is InChI=1S/C12H18N2O2/c1-16-11-6-3-7-13-12(11)14-10-5-2-4-9(10)8-15/h3,6-7,9-10,15H,2,4-5,8H2,1H3,(H,13,14). The fourth-order valence-corrected chi connectivity index (χ4v) is 2.28. The lowest BCUT2D eigenvalue weighted by Crippen LogP contribution is -2.26. The number of aliphatic hydroxyl groups is 1. The van der Waals surface area contributed by atoms with E-state index in [9.17, 15) is 5.11 Å². The minimum absolute atomic E-state index is 0.243. The van der Waals surface area contributed by atoms with Gasteiger partial charge in [0.1, 0.15) is 0 Å². The van der Waals surface area contributed by atoms with E-state index in [1.165, 1.54) is 0 Å². The Bertz CT molecular complexity index is 344. The monoisotopic (exact) mass is 222 g/mol. The average molecular weight is 222 g/mol. The van der Waals surface area contributed by atoms with Crippen molar-refractivity contribution < 1.29 is 9.84 Å². The molecule has 2 atom stereocenters. The SMILES string of the molecule is COc1cccnc1NC1CCCC1CO. The van der Waals surface area contributed by atoms with Crippen molar-refractivity contribution in [1.82, 2.24) is 4.98 Å². The summed E-state index contributed by atoms with van der Waals surface area (Å²) in [5, 5.41) is 12.6. The molecule has 0 bridgehead atoms. The normalized spacial score (nSPS) is 24.4. The van der Waals surface area contributed by atoms with Crippen LogP contribution in [0.1, 0.15) is 19.3 Å². The fraction of sp³-hybridized carbons (Fsp3) is 0.583. The van der Waals surface area contributed by atoms with Gasteiger partial charge in [-0.25, -0.2) is 4.98 Å². The largest absolute Gasteiger partial charge is 0.493 e. The second-order valence-electron chi connectivity index (χ2n) is 4.18. The Balaban J connectivity index is 2.08. The van der Waals surface area contributed by atoms with Gasteiger partial charge in [-0.3, -0.25) is 0 Å². The molecule has 1 saturated carbocycles. The number of rotatable bonds is 4. The first-order valence-corrected chi connectivity index (χ1v) is 5.71. The maximum absolute atomic E-state index is 9.25. The number of ether oxygens (including phenoxy) is 1. The van der Waals surface area contributed by atoms with Crippen LogP contribution in [0.3, 0.4) is 0 Å². The Hall–Kier alpha value is -1.29. The second-order valence-corrected chi connectivity index (χ2v) is 4.18. The Kier molecular flexibility index (Phi) is 3.62. The number of nitrogens with zero attached hydrogens (tertiary/aromatic N) is 1. The molecule has 0 amide bonds. The molecule has 2 unspecified atom stereocenters. The zero-order valence-corrected chi connectivity index (χ0v) is 9.52. The molecule has 0 aliphatic heterocycles. The van der Waals surface area contributed by atoms with Crippen LogP contribution in [0.25, 0.3) is 0 Å². The highest BCUT2D eigenvalue weighted by Crippen LogP contribution is 2.30. The Morgan fingerprint density at radius 3 is 3.19 bits per heavy atom. The highest BCUT2D eigenvalue weighted by molar-refractivity contribution is 5.50. The second kappa shape index (κ2) is 5.16. The van der Waals surface area contributed by atoms with Gasteiger partial charge in [-0.05, 0) is 25.0 Å². The molecule has 2 rings (SSSR count). The molecule has 1 aromatic rings. The van der Waals surface area contributed by atoms with Crippen LogP contribution in [0.2, 0.25) is 0 Å². The van der Waals surface area contributed by atoms with Crippen molar-refractivity contribution >= 4 is 5.82 Å². The van der Waals surface area contributed by atoms with E-state index >= 15 is 0 Å². The van der Waals surface area contributed by atoms with Gasteiger partial charge in [-0.15, -0.1) is 0 Å². The van der Waals surface area contributed by atoms with Crippen molar-refractivity contribution in [3.8, 4) is 5.75 Å². The predicted molar refractivity (Wildman–Crippen MR) is 62.6 cm³/mol. The first kappa shape index (κ1) is 11.2. The summed E-state index contributed by atoms with van der Waals surface area (Å²) in [5.41, 5.74) is 0. The Morgan fingerprint density at radius 1 is 1.56 bits per heavy atom. The van der Waals surface area contributed by atoms with Gasteiger partial charge in [0.05, 0.1) is 7.11 Å². The van der Waals surface area contributed by atoms with Crippen molar-refractivity contribution in [3.63, 3.8) is 0 Å². The number of hydrogen-bond acceptors (Lipinski definition) is 4. The molecule has 16 heavy (non-hydrogen) atoms. The Labute approximate surface area is 95.7 Å². The summed E-state index contributed by atoms with van der Waals surface area (Å²) in [5.74, 6) is 1.87. The van der Waals surface area contributed by atoms with Crippen LogP contribution in [0.4, 0.5) is 5.82 Å². The van der Waals surface area contributed by atoms with E-state index in [1.807, 2.05) is 12.1 Å². The zero-order valence-electron chi connectivity index (χ0n) is 9.52. The quantitative estimate of drug-likeness (QED) is 0.813. The van der Waals surface area contributed by atoms with Gasteiger partial charge >= 0.3 is 0 Å². The number of methoxy groups -OCH3 is 1. The molecular weight excluding hydrogens is 204 g/mol. The van der Waals surface area contributed by atoms with Gasteiger partial charge in [0.2, 0.25) is 0 Å². The maximum atomic E-state index is 9.25. The maximum Gasteiger partial charge on any atom is 0.168 e. The average Bonchev–Trinajstić information content (AvgIpc) is 2.77. The summed E-state index contributed by atoms with van der Waals surface area (Å²) >= 11 is 0. The van der Waals surface area contributed by atoms with Crippen molar-refractivity contribution in [1.29, 1.82) is 0 Å². The number of hydrogen-bond donors (Lipinski definition) is 2. The first-order chi connectivity index (χ1) is 7.85. The lowest BCUT2D eigenvalue weighted by atomic mass is 10.1.